The van der Waals surface area contributed by atoms with Crippen molar-refractivity contribution in [2.75, 3.05) is 13.2 Å². The van der Waals surface area contributed by atoms with E-state index < -0.39 is 0 Å². The number of benzene rings is 2. The minimum atomic E-state index is -0.0906. The Kier molecular flexibility index (Phi) is 18.9. The van der Waals surface area contributed by atoms with Crippen LogP contribution in [-0.4, -0.2) is 37.4 Å². The van der Waals surface area contributed by atoms with Gasteiger partial charge in [0.25, 0.3) is 0 Å². The second kappa shape index (κ2) is 25.4. The molecule has 6 saturated carbocycles. The van der Waals surface area contributed by atoms with Gasteiger partial charge in [-0.1, -0.05) is 155 Å². The first-order valence-corrected chi connectivity index (χ1v) is 33.6. The van der Waals surface area contributed by atoms with Crippen molar-refractivity contribution in [3.8, 4) is 22.6 Å². The molecule has 0 aliphatic heterocycles. The Labute approximate surface area is 486 Å². The van der Waals surface area contributed by atoms with Crippen LogP contribution in [0, 0.1) is 92.7 Å². The summed E-state index contributed by atoms with van der Waals surface area (Å²) in [6.45, 7) is 26.1. The van der Waals surface area contributed by atoms with Crippen LogP contribution in [-0.2, 0) is 19.1 Å². The Bertz CT molecular complexity index is 2280. The van der Waals surface area contributed by atoms with E-state index >= 15 is 0 Å². The molecule has 8 aliphatic rings. The highest BCUT2D eigenvalue weighted by atomic mass is 16.5. The third-order valence-electron chi connectivity index (χ3n) is 24.7. The summed E-state index contributed by atoms with van der Waals surface area (Å²) in [5.74, 6) is 11.4. The second-order valence-electron chi connectivity index (χ2n) is 30.2. The molecule has 0 saturated heterocycles. The van der Waals surface area contributed by atoms with E-state index in [0.29, 0.717) is 49.7 Å². The average molecular weight is 1100 g/mol. The van der Waals surface area contributed by atoms with Crippen LogP contribution in [0.4, 0.5) is 0 Å². The fourth-order valence-corrected chi connectivity index (χ4v) is 20.3. The predicted octanol–water partition coefficient (Wildman–Crippen LogP) is 19.6. The number of esters is 2. The lowest BCUT2D eigenvalue weighted by Gasteiger charge is -2.58. The van der Waals surface area contributed by atoms with Gasteiger partial charge in [-0.05, 0) is 231 Å². The fraction of sp³-hybridized carbons (Fsp3) is 0.757. The highest BCUT2D eigenvalue weighted by Crippen LogP contribution is 2.69. The Hall–Kier alpha value is -3.54. The highest BCUT2D eigenvalue weighted by molar-refractivity contribution is 5.70. The van der Waals surface area contributed by atoms with Gasteiger partial charge in [0.2, 0.25) is 0 Å². The zero-order valence-electron chi connectivity index (χ0n) is 52.1. The molecule has 0 bridgehead atoms. The topological polar surface area (TPSA) is 71.1 Å². The van der Waals surface area contributed by atoms with Gasteiger partial charge in [-0.2, -0.15) is 0 Å². The first-order chi connectivity index (χ1) is 38.4. The van der Waals surface area contributed by atoms with Crippen LogP contribution >= 0.6 is 0 Å². The molecule has 6 fully saturated rings. The summed E-state index contributed by atoms with van der Waals surface area (Å²) in [4.78, 5) is 26.3. The molecule has 0 heterocycles. The zero-order chi connectivity index (χ0) is 56.4. The predicted molar refractivity (Wildman–Crippen MR) is 327 cm³/mol. The highest BCUT2D eigenvalue weighted by Gasteiger charge is 2.61. The van der Waals surface area contributed by atoms with Gasteiger partial charge in [-0.15, -0.1) is 0 Å². The van der Waals surface area contributed by atoms with E-state index in [1.807, 2.05) is 24.3 Å². The van der Waals surface area contributed by atoms with Gasteiger partial charge in [-0.25, -0.2) is 0 Å². The number of carbonyl (C=O) groups is 2. The molecule has 0 unspecified atom stereocenters. The molecule has 6 nitrogen and oxygen atoms in total. The van der Waals surface area contributed by atoms with Gasteiger partial charge < -0.3 is 18.9 Å². The lowest BCUT2D eigenvalue weighted by atomic mass is 9.47. The van der Waals surface area contributed by atoms with Crippen molar-refractivity contribution in [1.29, 1.82) is 0 Å². The number of hydrogen-bond donors (Lipinski definition) is 0. The third kappa shape index (κ3) is 12.6. The molecule has 80 heavy (non-hydrogen) atoms. The zero-order valence-corrected chi connectivity index (χ0v) is 52.1. The summed E-state index contributed by atoms with van der Waals surface area (Å²) in [6.07, 6.45) is 35.4. The summed E-state index contributed by atoms with van der Waals surface area (Å²) in [5, 5.41) is 0. The van der Waals surface area contributed by atoms with Crippen molar-refractivity contribution >= 4 is 11.9 Å². The van der Waals surface area contributed by atoms with E-state index in [1.54, 1.807) is 11.1 Å². The number of carbonyl (C=O) groups excluding carboxylic acids is 2. The summed E-state index contributed by atoms with van der Waals surface area (Å²) < 4.78 is 24.5. The molecule has 0 spiro atoms. The molecule has 0 radical (unpaired) electrons. The summed E-state index contributed by atoms with van der Waals surface area (Å²) in [5.41, 5.74) is 6.90. The molecule has 0 N–H and O–H groups in total. The quantitative estimate of drug-likeness (QED) is 0.0627. The van der Waals surface area contributed by atoms with Crippen LogP contribution < -0.4 is 9.47 Å². The van der Waals surface area contributed by atoms with Crippen molar-refractivity contribution in [2.45, 2.75) is 248 Å². The van der Waals surface area contributed by atoms with Crippen LogP contribution in [0.1, 0.15) is 236 Å². The van der Waals surface area contributed by atoms with Crippen LogP contribution in [0.15, 0.2) is 71.8 Å². The van der Waals surface area contributed by atoms with Gasteiger partial charge >= 0.3 is 11.9 Å². The maximum Gasteiger partial charge on any atom is 0.306 e. The van der Waals surface area contributed by atoms with E-state index in [4.69, 9.17) is 18.9 Å². The third-order valence-corrected chi connectivity index (χ3v) is 24.7. The minimum Gasteiger partial charge on any atom is -0.494 e. The molecule has 10 rings (SSSR count). The van der Waals surface area contributed by atoms with E-state index in [-0.39, 0.29) is 35.0 Å². The van der Waals surface area contributed by atoms with Crippen LogP contribution in [0.25, 0.3) is 11.1 Å². The summed E-state index contributed by atoms with van der Waals surface area (Å²) in [6, 6.07) is 16.3. The van der Waals surface area contributed by atoms with E-state index in [9.17, 15) is 9.59 Å². The van der Waals surface area contributed by atoms with Crippen molar-refractivity contribution in [1.82, 2.24) is 0 Å². The van der Waals surface area contributed by atoms with Crippen molar-refractivity contribution in [3.63, 3.8) is 0 Å². The molecule has 0 aromatic heterocycles. The Balaban J connectivity index is 0.597. The lowest BCUT2D eigenvalue weighted by molar-refractivity contribution is -0.152. The normalized spacial score (nSPS) is 36.0. The Morgan fingerprint density at radius 1 is 0.475 bits per heavy atom. The van der Waals surface area contributed by atoms with Gasteiger partial charge in [0.05, 0.1) is 13.2 Å². The number of fused-ring (bicyclic) bond motifs is 10. The van der Waals surface area contributed by atoms with Crippen molar-refractivity contribution < 1.29 is 28.5 Å². The maximum atomic E-state index is 13.1. The molecular weight excluding hydrogens is 985 g/mol. The van der Waals surface area contributed by atoms with Crippen LogP contribution in [0.2, 0.25) is 0 Å². The second-order valence-corrected chi connectivity index (χ2v) is 30.2. The molecule has 16 atom stereocenters. The Morgan fingerprint density at radius 3 is 1.26 bits per heavy atom. The average Bonchev–Trinajstić information content (AvgIpc) is 4.13. The molecule has 2 aromatic rings. The molecule has 0 amide bonds. The minimum absolute atomic E-state index is 0.000855. The Morgan fingerprint density at radius 2 is 0.875 bits per heavy atom. The number of rotatable bonds is 23. The van der Waals surface area contributed by atoms with Crippen LogP contribution in [0.5, 0.6) is 11.5 Å². The lowest BCUT2D eigenvalue weighted by Crippen LogP contribution is -2.51. The fourth-order valence-electron chi connectivity index (χ4n) is 20.3. The number of ether oxygens (including phenoxy) is 4. The molecule has 8 aliphatic carbocycles. The van der Waals surface area contributed by atoms with Gasteiger partial charge in [0.15, 0.2) is 0 Å². The van der Waals surface area contributed by atoms with Crippen LogP contribution in [0.3, 0.4) is 0 Å². The monoisotopic (exact) mass is 1090 g/mol. The SMILES string of the molecule is CC(C)CCC[C@@H](C)[C@H]1CC[C@H]2[C@@H]3CC=C4C[C@@H](OC(=O)CCCOc5ccc(-c6ccc(OCCCC(=O)O[C@H]7CC[C@@]8(C)C(=CC[C@H]9[C@@H]%10CC[C@H]([C@H](C)CCCC(C)C)[C@@]%10(C)CC[C@@H]98)C7)cc6)cc5)CC[C@]4(C)[C@H]3CC[C@]12C. The van der Waals surface area contributed by atoms with Gasteiger partial charge in [0.1, 0.15) is 23.7 Å². The first-order valence-electron chi connectivity index (χ1n) is 33.6. The first kappa shape index (κ1) is 59.6. The maximum absolute atomic E-state index is 13.1. The largest absolute Gasteiger partial charge is 0.494 e. The van der Waals surface area contributed by atoms with Crippen molar-refractivity contribution in [2.24, 2.45) is 92.7 Å². The molecule has 6 heteroatoms. The molecular formula is C74H110O6. The van der Waals surface area contributed by atoms with E-state index in [2.05, 4.69) is 106 Å². The number of hydrogen-bond acceptors (Lipinski definition) is 6. The van der Waals surface area contributed by atoms with E-state index in [1.165, 1.54) is 103 Å². The van der Waals surface area contributed by atoms with Gasteiger partial charge in [0, 0.05) is 25.7 Å². The van der Waals surface area contributed by atoms with E-state index in [0.717, 1.165) is 132 Å². The summed E-state index contributed by atoms with van der Waals surface area (Å²) in [7, 11) is 0. The number of allylic oxidation sites excluding steroid dienone is 2. The molecule has 2 aromatic carbocycles. The summed E-state index contributed by atoms with van der Waals surface area (Å²) >= 11 is 0. The smallest absolute Gasteiger partial charge is 0.306 e. The van der Waals surface area contributed by atoms with Crippen molar-refractivity contribution in [3.05, 3.63) is 71.8 Å². The molecule has 442 valence electrons. The standard InChI is InChI=1S/C74H110O6/c1-49(2)15-11-17-51(5)63-33-35-65-61-31-25-55-47-59(37-41-71(55,7)67(61)39-43-73(63,65)9)79-69(75)19-13-45-77-57-27-21-53(22-28-57)54-23-29-58(30-24-54)78-46-14-20-70(76)80-60-38-42-72(8)56(48-60)26-32-62-66-36-34-64(52(6)18-12-16-50(3)4)74(66,10)44-40-68(62)72/h21-30,49-52,59-68H,11-20,31-48H2,1-10H3/t51-,52-,59+,60+,61+,62+,63-,64-,65+,66+,67+,68+,71+,72+,73-,74-/m1/s1. The van der Waals surface area contributed by atoms with Gasteiger partial charge in [-0.3, -0.25) is 9.59 Å².